The number of carboxylic acids is 1. The van der Waals surface area contributed by atoms with E-state index >= 15 is 0 Å². The normalized spacial score (nSPS) is 21.9. The number of carboxylic acid groups (broad SMARTS) is 1. The van der Waals surface area contributed by atoms with Gasteiger partial charge in [0, 0.05) is 19.1 Å². The molecule has 92 valence electrons. The van der Waals surface area contributed by atoms with E-state index in [1.807, 2.05) is 20.8 Å². The van der Waals surface area contributed by atoms with Crippen LogP contribution in [0.25, 0.3) is 0 Å². The van der Waals surface area contributed by atoms with Crippen molar-refractivity contribution in [2.75, 3.05) is 20.1 Å². The highest BCUT2D eigenvalue weighted by Crippen LogP contribution is 2.23. The molecule has 1 atom stereocenters. The summed E-state index contributed by atoms with van der Waals surface area (Å²) in [6.45, 7) is 6.41. The zero-order valence-electron chi connectivity index (χ0n) is 10.4. The van der Waals surface area contributed by atoms with Crippen molar-refractivity contribution >= 4 is 11.9 Å². The quantitative estimate of drug-likeness (QED) is 0.759. The molecule has 1 aliphatic rings. The van der Waals surface area contributed by atoms with E-state index in [1.54, 1.807) is 16.8 Å². The molecule has 1 unspecified atom stereocenters. The number of rotatable bonds is 3. The summed E-state index contributed by atoms with van der Waals surface area (Å²) in [6, 6.07) is -0.291. The van der Waals surface area contributed by atoms with E-state index in [-0.39, 0.29) is 24.0 Å². The second-order valence-corrected chi connectivity index (χ2v) is 5.26. The summed E-state index contributed by atoms with van der Waals surface area (Å²) >= 11 is 0. The van der Waals surface area contributed by atoms with E-state index in [0.717, 1.165) is 0 Å². The van der Waals surface area contributed by atoms with Crippen molar-refractivity contribution in [3.05, 3.63) is 0 Å². The van der Waals surface area contributed by atoms with Gasteiger partial charge in [-0.2, -0.15) is 0 Å². The minimum absolute atomic E-state index is 0.0242. The fourth-order valence-electron chi connectivity index (χ4n) is 2.05. The molecule has 0 aliphatic carbocycles. The zero-order valence-corrected chi connectivity index (χ0v) is 10.4. The van der Waals surface area contributed by atoms with Crippen LogP contribution < -0.4 is 0 Å². The first-order chi connectivity index (χ1) is 7.23. The summed E-state index contributed by atoms with van der Waals surface area (Å²) in [4.78, 5) is 26.1. The predicted octanol–water partition coefficient (Wildman–Crippen LogP) is 0.402. The first-order valence-electron chi connectivity index (χ1n) is 5.47. The van der Waals surface area contributed by atoms with Crippen LogP contribution in [0.15, 0.2) is 0 Å². The van der Waals surface area contributed by atoms with E-state index in [2.05, 4.69) is 0 Å². The number of carbonyl (C=O) groups excluding carboxylic acids is 1. The Bertz CT molecular complexity index is 296. The molecule has 5 nitrogen and oxygen atoms in total. The molecule has 0 spiro atoms. The van der Waals surface area contributed by atoms with Gasteiger partial charge in [-0.3, -0.25) is 14.5 Å². The van der Waals surface area contributed by atoms with Crippen LogP contribution in [-0.4, -0.2) is 58.5 Å². The zero-order chi connectivity index (χ0) is 12.5. The summed E-state index contributed by atoms with van der Waals surface area (Å²) in [6.07, 6.45) is 0.708. The molecule has 0 saturated carbocycles. The van der Waals surface area contributed by atoms with Gasteiger partial charge in [-0.1, -0.05) is 0 Å². The summed E-state index contributed by atoms with van der Waals surface area (Å²) in [5.41, 5.74) is -0.316. The summed E-state index contributed by atoms with van der Waals surface area (Å²) < 4.78 is 0. The van der Waals surface area contributed by atoms with Crippen molar-refractivity contribution in [1.29, 1.82) is 0 Å². The van der Waals surface area contributed by atoms with Crippen LogP contribution in [0.5, 0.6) is 0 Å². The number of likely N-dealkylation sites (tertiary alicyclic amines) is 1. The van der Waals surface area contributed by atoms with Crippen LogP contribution in [0, 0.1) is 0 Å². The molecule has 1 rings (SSSR count). The molecule has 0 aromatic rings. The molecule has 5 heteroatoms. The SMILES string of the molecule is CN1CCC(N(CC(=O)O)C(C)(C)C)C1=O. The van der Waals surface area contributed by atoms with Gasteiger partial charge >= 0.3 is 5.97 Å². The Morgan fingerprint density at radius 1 is 1.56 bits per heavy atom. The molecule has 0 radical (unpaired) electrons. The maximum absolute atomic E-state index is 11.9. The predicted molar refractivity (Wildman–Crippen MR) is 60.1 cm³/mol. The van der Waals surface area contributed by atoms with Crippen molar-refractivity contribution in [2.24, 2.45) is 0 Å². The van der Waals surface area contributed by atoms with Gasteiger partial charge in [0.15, 0.2) is 0 Å². The number of nitrogens with zero attached hydrogens (tertiary/aromatic N) is 2. The van der Waals surface area contributed by atoms with E-state index in [1.165, 1.54) is 0 Å². The molecule has 1 N–H and O–H groups in total. The molecular weight excluding hydrogens is 208 g/mol. The first-order valence-corrected chi connectivity index (χ1v) is 5.47. The van der Waals surface area contributed by atoms with E-state index in [0.29, 0.717) is 13.0 Å². The minimum atomic E-state index is -0.891. The lowest BCUT2D eigenvalue weighted by Gasteiger charge is -2.37. The highest BCUT2D eigenvalue weighted by atomic mass is 16.4. The van der Waals surface area contributed by atoms with Crippen molar-refractivity contribution < 1.29 is 14.7 Å². The van der Waals surface area contributed by atoms with Gasteiger partial charge in [-0.15, -0.1) is 0 Å². The van der Waals surface area contributed by atoms with Crippen LogP contribution in [0.4, 0.5) is 0 Å². The molecule has 1 fully saturated rings. The number of carbonyl (C=O) groups is 2. The fraction of sp³-hybridized carbons (Fsp3) is 0.818. The van der Waals surface area contributed by atoms with Crippen LogP contribution in [-0.2, 0) is 9.59 Å². The van der Waals surface area contributed by atoms with Gasteiger partial charge in [-0.25, -0.2) is 0 Å². The third-order valence-electron chi connectivity index (χ3n) is 2.94. The highest BCUT2D eigenvalue weighted by Gasteiger charge is 2.39. The van der Waals surface area contributed by atoms with Gasteiger partial charge in [-0.05, 0) is 27.2 Å². The molecule has 0 aromatic heterocycles. The Morgan fingerprint density at radius 2 is 2.12 bits per heavy atom. The molecule has 16 heavy (non-hydrogen) atoms. The highest BCUT2D eigenvalue weighted by molar-refractivity contribution is 5.84. The molecule has 0 bridgehead atoms. The van der Waals surface area contributed by atoms with E-state index < -0.39 is 5.97 Å². The second kappa shape index (κ2) is 4.41. The third-order valence-corrected chi connectivity index (χ3v) is 2.94. The summed E-state index contributed by atoms with van der Waals surface area (Å²) in [5.74, 6) is -0.867. The third kappa shape index (κ3) is 2.72. The van der Waals surface area contributed by atoms with Crippen LogP contribution in [0.2, 0.25) is 0 Å². The first kappa shape index (κ1) is 13.0. The van der Waals surface area contributed by atoms with E-state index in [9.17, 15) is 9.59 Å². The van der Waals surface area contributed by atoms with Gasteiger partial charge in [0.1, 0.15) is 0 Å². The molecule has 1 aliphatic heterocycles. The monoisotopic (exact) mass is 228 g/mol. The molecule has 1 heterocycles. The maximum Gasteiger partial charge on any atom is 0.317 e. The largest absolute Gasteiger partial charge is 0.480 e. The smallest absolute Gasteiger partial charge is 0.317 e. The standard InChI is InChI=1S/C11H20N2O3/c1-11(2,3)13(7-9(14)15)8-5-6-12(4)10(8)16/h8H,5-7H2,1-4H3,(H,14,15). The van der Waals surface area contributed by atoms with Gasteiger partial charge in [0.25, 0.3) is 0 Å². The molecule has 1 saturated heterocycles. The van der Waals surface area contributed by atoms with Gasteiger partial charge in [0.2, 0.25) is 5.91 Å². The fourth-order valence-corrected chi connectivity index (χ4v) is 2.05. The van der Waals surface area contributed by atoms with Crippen LogP contribution in [0.3, 0.4) is 0 Å². The number of amides is 1. The van der Waals surface area contributed by atoms with Crippen molar-refractivity contribution in [3.63, 3.8) is 0 Å². The average molecular weight is 228 g/mol. The second-order valence-electron chi connectivity index (χ2n) is 5.26. The molecule has 1 amide bonds. The van der Waals surface area contributed by atoms with Gasteiger partial charge < -0.3 is 10.0 Å². The summed E-state index contributed by atoms with van der Waals surface area (Å²) in [7, 11) is 1.75. The lowest BCUT2D eigenvalue weighted by Crippen LogP contribution is -2.53. The molecular formula is C11H20N2O3. The van der Waals surface area contributed by atoms with Crippen molar-refractivity contribution in [1.82, 2.24) is 9.80 Å². The number of hydrogen-bond donors (Lipinski definition) is 1. The Hall–Kier alpha value is -1.10. The number of likely N-dealkylation sites (N-methyl/N-ethyl adjacent to an activating group) is 1. The Morgan fingerprint density at radius 3 is 2.44 bits per heavy atom. The average Bonchev–Trinajstić information content (AvgIpc) is 2.42. The minimum Gasteiger partial charge on any atom is -0.480 e. The van der Waals surface area contributed by atoms with Crippen LogP contribution >= 0.6 is 0 Å². The number of aliphatic carboxylic acids is 1. The Balaban J connectivity index is 2.85. The van der Waals surface area contributed by atoms with Crippen LogP contribution in [0.1, 0.15) is 27.2 Å². The van der Waals surface area contributed by atoms with Crippen molar-refractivity contribution in [3.8, 4) is 0 Å². The Kier molecular flexibility index (Phi) is 3.57. The topological polar surface area (TPSA) is 60.9 Å². The van der Waals surface area contributed by atoms with Gasteiger partial charge in [0.05, 0.1) is 12.6 Å². The lowest BCUT2D eigenvalue weighted by molar-refractivity contribution is -0.143. The maximum atomic E-state index is 11.9. The Labute approximate surface area is 96.0 Å². The molecule has 0 aromatic carbocycles. The van der Waals surface area contributed by atoms with Crippen molar-refractivity contribution in [2.45, 2.75) is 38.8 Å². The summed E-state index contributed by atoms with van der Waals surface area (Å²) in [5, 5.41) is 8.89. The number of hydrogen-bond acceptors (Lipinski definition) is 3. The van der Waals surface area contributed by atoms with E-state index in [4.69, 9.17) is 5.11 Å². The lowest BCUT2D eigenvalue weighted by atomic mass is 10.0.